The largest absolute Gasteiger partial charge is 0.379 e. The van der Waals surface area contributed by atoms with E-state index in [1.807, 2.05) is 6.07 Å². The number of H-pyrrole nitrogens is 1. The Bertz CT molecular complexity index is 612. The van der Waals surface area contributed by atoms with Crippen LogP contribution in [0, 0.1) is 5.92 Å². The molecule has 0 bridgehead atoms. The third-order valence-electron chi connectivity index (χ3n) is 4.84. The van der Waals surface area contributed by atoms with Gasteiger partial charge in [0.2, 0.25) is 10.0 Å². The molecule has 0 radical (unpaired) electrons. The number of morpholine rings is 1. The molecule has 2 fully saturated rings. The van der Waals surface area contributed by atoms with Crippen LogP contribution in [0.4, 0.5) is 5.82 Å². The molecule has 2 aliphatic rings. The SMILES string of the molecule is C[C@@H]1CCCC[C@H]1Nc1ccc(S(=O)(=O)N2CCOCC2)c[nH+]1. The molecule has 0 amide bonds. The van der Waals surface area contributed by atoms with Crippen molar-refractivity contribution in [2.75, 3.05) is 31.6 Å². The van der Waals surface area contributed by atoms with E-state index in [-0.39, 0.29) is 0 Å². The molecule has 23 heavy (non-hydrogen) atoms. The van der Waals surface area contributed by atoms with E-state index >= 15 is 0 Å². The fourth-order valence-electron chi connectivity index (χ4n) is 3.33. The Morgan fingerprint density at radius 1 is 1.22 bits per heavy atom. The van der Waals surface area contributed by atoms with Gasteiger partial charge in [-0.3, -0.25) is 5.32 Å². The number of nitrogens with zero attached hydrogens (tertiary/aromatic N) is 1. The van der Waals surface area contributed by atoms with Crippen molar-refractivity contribution in [1.29, 1.82) is 0 Å². The van der Waals surface area contributed by atoms with Gasteiger partial charge < -0.3 is 4.74 Å². The molecule has 1 aliphatic heterocycles. The number of aromatic nitrogens is 1. The van der Waals surface area contributed by atoms with Crippen molar-refractivity contribution >= 4 is 15.8 Å². The van der Waals surface area contributed by atoms with Crippen LogP contribution < -0.4 is 10.3 Å². The van der Waals surface area contributed by atoms with E-state index in [0.717, 1.165) is 5.82 Å². The lowest BCUT2D eigenvalue weighted by atomic mass is 9.86. The number of ether oxygens (including phenoxy) is 1. The number of anilines is 1. The molecular formula is C16H26N3O3S+. The van der Waals surface area contributed by atoms with Gasteiger partial charge in [-0.05, 0) is 31.2 Å². The van der Waals surface area contributed by atoms with Crippen molar-refractivity contribution in [2.24, 2.45) is 5.92 Å². The Morgan fingerprint density at radius 2 is 1.96 bits per heavy atom. The minimum Gasteiger partial charge on any atom is -0.379 e. The maximum absolute atomic E-state index is 12.6. The lowest BCUT2D eigenvalue weighted by molar-refractivity contribution is -0.364. The zero-order valence-corrected chi connectivity index (χ0v) is 14.4. The van der Waals surface area contributed by atoms with Gasteiger partial charge in [0.25, 0.3) is 5.82 Å². The molecule has 1 saturated carbocycles. The van der Waals surface area contributed by atoms with Crippen molar-refractivity contribution in [3.63, 3.8) is 0 Å². The second kappa shape index (κ2) is 7.15. The lowest BCUT2D eigenvalue weighted by Gasteiger charge is -2.26. The molecule has 1 aromatic rings. The summed E-state index contributed by atoms with van der Waals surface area (Å²) in [6, 6.07) is 3.97. The Kier molecular flexibility index (Phi) is 5.18. The highest BCUT2D eigenvalue weighted by Gasteiger charge is 2.28. The van der Waals surface area contributed by atoms with Crippen LogP contribution in [0.25, 0.3) is 0 Å². The molecule has 0 unspecified atom stereocenters. The summed E-state index contributed by atoms with van der Waals surface area (Å²) in [4.78, 5) is 3.41. The van der Waals surface area contributed by atoms with Gasteiger partial charge in [-0.2, -0.15) is 4.31 Å². The number of hydrogen-bond donors (Lipinski definition) is 1. The van der Waals surface area contributed by atoms with E-state index in [1.54, 1.807) is 12.3 Å². The summed E-state index contributed by atoms with van der Waals surface area (Å²) in [5.74, 6) is 1.53. The quantitative estimate of drug-likeness (QED) is 0.902. The molecule has 2 heterocycles. The van der Waals surface area contributed by atoms with Crippen molar-refractivity contribution in [3.8, 4) is 0 Å². The van der Waals surface area contributed by atoms with Crippen LogP contribution in [0.2, 0.25) is 0 Å². The Morgan fingerprint density at radius 3 is 2.61 bits per heavy atom. The second-order valence-electron chi connectivity index (χ2n) is 6.47. The summed E-state index contributed by atoms with van der Waals surface area (Å²) in [7, 11) is -3.43. The average molecular weight is 340 g/mol. The van der Waals surface area contributed by atoms with E-state index in [9.17, 15) is 8.42 Å². The molecular weight excluding hydrogens is 314 g/mol. The first kappa shape index (κ1) is 16.7. The van der Waals surface area contributed by atoms with Gasteiger partial charge in [0.1, 0.15) is 11.1 Å². The third kappa shape index (κ3) is 3.84. The van der Waals surface area contributed by atoms with Crippen LogP contribution in [0.1, 0.15) is 32.6 Å². The maximum Gasteiger partial charge on any atom is 0.272 e. The minimum absolute atomic E-state index is 0.307. The predicted molar refractivity (Wildman–Crippen MR) is 87.6 cm³/mol. The molecule has 6 nitrogen and oxygen atoms in total. The molecule has 1 aliphatic carbocycles. The zero-order chi connectivity index (χ0) is 16.3. The predicted octanol–water partition coefficient (Wildman–Crippen LogP) is 1.51. The molecule has 0 aromatic carbocycles. The molecule has 3 rings (SSSR count). The number of nitrogens with one attached hydrogen (secondary N) is 2. The van der Waals surface area contributed by atoms with E-state index in [0.29, 0.717) is 43.2 Å². The number of sulfonamides is 1. The van der Waals surface area contributed by atoms with Crippen LogP contribution >= 0.6 is 0 Å². The first-order chi connectivity index (χ1) is 11.1. The normalized spacial score (nSPS) is 26.8. The molecule has 2 atom stereocenters. The van der Waals surface area contributed by atoms with Gasteiger partial charge in [0, 0.05) is 19.2 Å². The molecule has 7 heteroatoms. The topological polar surface area (TPSA) is 72.8 Å². The summed E-state index contributed by atoms with van der Waals surface area (Å²) in [5, 5.41) is 3.50. The van der Waals surface area contributed by atoms with Crippen molar-refractivity contribution in [1.82, 2.24) is 4.31 Å². The van der Waals surface area contributed by atoms with E-state index in [1.165, 1.54) is 30.0 Å². The van der Waals surface area contributed by atoms with Crippen molar-refractivity contribution < 1.29 is 18.1 Å². The molecule has 128 valence electrons. The van der Waals surface area contributed by atoms with Crippen LogP contribution in [-0.4, -0.2) is 45.1 Å². The third-order valence-corrected chi connectivity index (χ3v) is 6.74. The number of pyridine rings is 1. The van der Waals surface area contributed by atoms with Crippen LogP contribution in [0.3, 0.4) is 0 Å². The van der Waals surface area contributed by atoms with Crippen LogP contribution in [0.15, 0.2) is 23.2 Å². The summed E-state index contributed by atoms with van der Waals surface area (Å²) >= 11 is 0. The van der Waals surface area contributed by atoms with Gasteiger partial charge in [-0.1, -0.05) is 13.3 Å². The average Bonchev–Trinajstić information content (AvgIpc) is 2.58. The van der Waals surface area contributed by atoms with Gasteiger partial charge in [-0.25, -0.2) is 13.4 Å². The first-order valence-electron chi connectivity index (χ1n) is 8.43. The second-order valence-corrected chi connectivity index (χ2v) is 8.41. The van der Waals surface area contributed by atoms with Gasteiger partial charge in [0.05, 0.1) is 19.3 Å². The summed E-state index contributed by atoms with van der Waals surface area (Å²) in [5.41, 5.74) is 0. The maximum atomic E-state index is 12.6. The fourth-order valence-corrected chi connectivity index (χ4v) is 4.70. The van der Waals surface area contributed by atoms with Gasteiger partial charge >= 0.3 is 0 Å². The van der Waals surface area contributed by atoms with Crippen molar-refractivity contribution in [3.05, 3.63) is 18.3 Å². The van der Waals surface area contributed by atoms with Crippen LogP contribution in [-0.2, 0) is 14.8 Å². The number of hydrogen-bond acceptors (Lipinski definition) is 4. The van der Waals surface area contributed by atoms with Gasteiger partial charge in [-0.15, -0.1) is 0 Å². The highest BCUT2D eigenvalue weighted by atomic mass is 32.2. The molecule has 0 spiro atoms. The van der Waals surface area contributed by atoms with E-state index in [4.69, 9.17) is 4.74 Å². The lowest BCUT2D eigenvalue weighted by Crippen LogP contribution is -2.41. The minimum atomic E-state index is -3.43. The monoisotopic (exact) mass is 340 g/mol. The standard InChI is InChI=1S/C16H25N3O3S/c1-13-4-2-3-5-15(13)18-16-7-6-14(12-17-16)23(20,21)19-8-10-22-11-9-19/h6-7,12-13,15H,2-5,8-11H2,1H3,(H,17,18)/p+1/t13-,15-/m1/s1. The smallest absolute Gasteiger partial charge is 0.272 e. The van der Waals surface area contributed by atoms with Gasteiger partial charge in [0.15, 0.2) is 0 Å². The highest BCUT2D eigenvalue weighted by Crippen LogP contribution is 2.26. The molecule has 1 aromatic heterocycles. The summed E-state index contributed by atoms with van der Waals surface area (Å²) in [6.45, 7) is 4.03. The molecule has 2 N–H and O–H groups in total. The number of aromatic amines is 1. The van der Waals surface area contributed by atoms with Crippen molar-refractivity contribution in [2.45, 2.75) is 43.5 Å². The zero-order valence-electron chi connectivity index (χ0n) is 13.6. The summed E-state index contributed by atoms with van der Waals surface area (Å²) in [6.07, 6.45) is 6.57. The Hall–Kier alpha value is -1.18. The Labute approximate surface area is 138 Å². The fraction of sp³-hybridized carbons (Fsp3) is 0.688. The Balaban J connectivity index is 1.68. The summed E-state index contributed by atoms with van der Waals surface area (Å²) < 4.78 is 31.8. The highest BCUT2D eigenvalue weighted by molar-refractivity contribution is 7.89. The van der Waals surface area contributed by atoms with E-state index < -0.39 is 10.0 Å². The van der Waals surface area contributed by atoms with E-state index in [2.05, 4.69) is 17.2 Å². The molecule has 1 saturated heterocycles. The van der Waals surface area contributed by atoms with Crippen LogP contribution in [0.5, 0.6) is 0 Å². The first-order valence-corrected chi connectivity index (χ1v) is 9.87. The number of rotatable bonds is 4.